The number of hydrogen-bond donors (Lipinski definition) is 3. The second-order valence-corrected chi connectivity index (χ2v) is 8.37. The van der Waals surface area contributed by atoms with Crippen LogP contribution in [0, 0.1) is 5.41 Å². The summed E-state index contributed by atoms with van der Waals surface area (Å²) in [6, 6.07) is 0. The molecule has 0 atom stereocenters. The van der Waals surface area contributed by atoms with Gasteiger partial charge in [-0.05, 0) is 18.8 Å². The van der Waals surface area contributed by atoms with Crippen LogP contribution in [-0.2, 0) is 10.0 Å². The highest BCUT2D eigenvalue weighted by Gasteiger charge is 2.17. The van der Waals surface area contributed by atoms with Crippen LogP contribution < -0.4 is 15.4 Å². The molecule has 132 valence electrons. The first-order chi connectivity index (χ1) is 10.3. The fourth-order valence-corrected chi connectivity index (χ4v) is 2.59. The van der Waals surface area contributed by atoms with Crippen molar-refractivity contribution in [1.82, 2.24) is 15.4 Å². The van der Waals surface area contributed by atoms with Crippen molar-refractivity contribution in [1.29, 1.82) is 0 Å². The molecule has 0 heterocycles. The maximum absolute atomic E-state index is 11.3. The van der Waals surface area contributed by atoms with Crippen LogP contribution in [0.1, 0.15) is 53.4 Å². The molecule has 0 aromatic carbocycles. The van der Waals surface area contributed by atoms with Crippen LogP contribution in [0.15, 0.2) is 4.99 Å². The number of hydrogen-bond acceptors (Lipinski definition) is 3. The first kappa shape index (κ1) is 21.2. The molecule has 0 spiro atoms. The highest BCUT2D eigenvalue weighted by atomic mass is 32.2. The lowest BCUT2D eigenvalue weighted by Gasteiger charge is -2.26. The second kappa shape index (κ2) is 10.8. The summed E-state index contributed by atoms with van der Waals surface area (Å²) in [6.45, 7) is 10.0. The van der Waals surface area contributed by atoms with Crippen molar-refractivity contribution in [3.8, 4) is 0 Å². The predicted octanol–water partition coefficient (Wildman–Crippen LogP) is 1.70. The van der Waals surface area contributed by atoms with E-state index in [1.807, 2.05) is 0 Å². The van der Waals surface area contributed by atoms with Crippen LogP contribution in [0.25, 0.3) is 0 Å². The van der Waals surface area contributed by atoms with Crippen LogP contribution in [0.3, 0.4) is 0 Å². The van der Waals surface area contributed by atoms with Crippen molar-refractivity contribution < 1.29 is 8.42 Å². The molecule has 0 rings (SSSR count). The summed E-state index contributed by atoms with van der Waals surface area (Å²) in [5.74, 6) is 0.811. The van der Waals surface area contributed by atoms with E-state index in [4.69, 9.17) is 0 Å². The van der Waals surface area contributed by atoms with Gasteiger partial charge in [-0.1, -0.05) is 40.0 Å². The van der Waals surface area contributed by atoms with Gasteiger partial charge in [0.05, 0.1) is 5.75 Å². The third-order valence-corrected chi connectivity index (χ3v) is 4.94. The summed E-state index contributed by atoms with van der Waals surface area (Å²) in [5.41, 5.74) is 0.219. The zero-order valence-corrected chi connectivity index (χ0v) is 15.6. The third kappa shape index (κ3) is 10.8. The van der Waals surface area contributed by atoms with Gasteiger partial charge in [-0.15, -0.1) is 0 Å². The molecule has 0 aliphatic heterocycles. The smallest absolute Gasteiger partial charge is 0.211 e. The number of sulfonamides is 1. The quantitative estimate of drug-likeness (QED) is 0.305. The van der Waals surface area contributed by atoms with Crippen molar-refractivity contribution >= 4 is 16.0 Å². The van der Waals surface area contributed by atoms with E-state index in [1.54, 1.807) is 14.0 Å². The summed E-state index contributed by atoms with van der Waals surface area (Å²) in [5, 5.41) is 6.43. The molecule has 0 saturated carbocycles. The molecular formula is C15H34N4O2S. The van der Waals surface area contributed by atoms with Crippen molar-refractivity contribution in [2.75, 3.05) is 32.4 Å². The van der Waals surface area contributed by atoms with Crippen LogP contribution in [0.4, 0.5) is 0 Å². The number of nitrogens with one attached hydrogen (secondary N) is 3. The Kier molecular flexibility index (Phi) is 10.4. The Morgan fingerprint density at radius 3 is 2.32 bits per heavy atom. The molecule has 0 bridgehead atoms. The molecule has 0 aliphatic carbocycles. The number of guanidine groups is 1. The van der Waals surface area contributed by atoms with E-state index in [1.165, 1.54) is 25.7 Å². The SMILES string of the molecule is CCCCCC(C)(C)CNC(=NC)NCCNS(=O)(=O)CC. The zero-order chi connectivity index (χ0) is 17.1. The Morgan fingerprint density at radius 1 is 1.09 bits per heavy atom. The maximum Gasteiger partial charge on any atom is 0.211 e. The monoisotopic (exact) mass is 334 g/mol. The van der Waals surface area contributed by atoms with Gasteiger partial charge in [-0.3, -0.25) is 4.99 Å². The molecule has 0 saturated heterocycles. The lowest BCUT2D eigenvalue weighted by molar-refractivity contribution is 0.318. The summed E-state index contributed by atoms with van der Waals surface area (Å²) in [6.07, 6.45) is 4.94. The van der Waals surface area contributed by atoms with Crippen molar-refractivity contribution in [3.05, 3.63) is 0 Å². The molecule has 0 fully saturated rings. The van der Waals surface area contributed by atoms with Crippen molar-refractivity contribution in [3.63, 3.8) is 0 Å². The first-order valence-corrected chi connectivity index (χ1v) is 9.83. The minimum absolute atomic E-state index is 0.103. The second-order valence-electron chi connectivity index (χ2n) is 6.27. The molecule has 0 radical (unpaired) electrons. The Morgan fingerprint density at radius 2 is 1.77 bits per heavy atom. The van der Waals surface area contributed by atoms with Crippen LogP contribution in [-0.4, -0.2) is 46.8 Å². The maximum atomic E-state index is 11.3. The molecule has 0 aromatic heterocycles. The normalized spacial score (nSPS) is 13.2. The van der Waals surface area contributed by atoms with Crippen LogP contribution >= 0.6 is 0 Å². The molecule has 0 aliphatic rings. The summed E-state index contributed by atoms with van der Waals surface area (Å²) in [4.78, 5) is 4.16. The van der Waals surface area contributed by atoms with E-state index >= 15 is 0 Å². The van der Waals surface area contributed by atoms with Crippen LogP contribution in [0.2, 0.25) is 0 Å². The van der Waals surface area contributed by atoms with Gasteiger partial charge in [0, 0.05) is 26.7 Å². The fraction of sp³-hybridized carbons (Fsp3) is 0.933. The van der Waals surface area contributed by atoms with Gasteiger partial charge in [-0.25, -0.2) is 13.1 Å². The molecule has 7 heteroatoms. The van der Waals surface area contributed by atoms with Crippen molar-refractivity contribution in [2.45, 2.75) is 53.4 Å². The minimum Gasteiger partial charge on any atom is -0.356 e. The van der Waals surface area contributed by atoms with Crippen LogP contribution in [0.5, 0.6) is 0 Å². The fourth-order valence-electron chi connectivity index (χ4n) is 1.98. The molecule has 0 unspecified atom stereocenters. The molecule has 3 N–H and O–H groups in total. The summed E-state index contributed by atoms with van der Waals surface area (Å²) >= 11 is 0. The molecule has 0 aromatic rings. The topological polar surface area (TPSA) is 82.6 Å². The van der Waals surface area contributed by atoms with Gasteiger partial charge >= 0.3 is 0 Å². The van der Waals surface area contributed by atoms with Crippen molar-refractivity contribution in [2.24, 2.45) is 10.4 Å². The Labute approximate surface area is 136 Å². The number of rotatable bonds is 11. The molecule has 6 nitrogen and oxygen atoms in total. The lowest BCUT2D eigenvalue weighted by atomic mass is 9.87. The van der Waals surface area contributed by atoms with Gasteiger partial charge < -0.3 is 10.6 Å². The summed E-state index contributed by atoms with van der Waals surface area (Å²) < 4.78 is 25.1. The Balaban J connectivity index is 4.02. The minimum atomic E-state index is -3.12. The zero-order valence-electron chi connectivity index (χ0n) is 14.8. The largest absolute Gasteiger partial charge is 0.356 e. The van der Waals surface area contributed by atoms with E-state index in [-0.39, 0.29) is 11.2 Å². The molecule has 0 amide bonds. The van der Waals surface area contributed by atoms with E-state index in [2.05, 4.69) is 41.1 Å². The first-order valence-electron chi connectivity index (χ1n) is 8.18. The Bertz CT molecular complexity index is 419. The van der Waals surface area contributed by atoms with Gasteiger partial charge in [0.25, 0.3) is 0 Å². The standard InChI is InChI=1S/C15H34N4O2S/c1-6-8-9-10-15(3,4)13-18-14(16-5)17-11-12-19-22(20,21)7-2/h19H,6-13H2,1-5H3,(H2,16,17,18). The van der Waals surface area contributed by atoms with E-state index < -0.39 is 10.0 Å². The van der Waals surface area contributed by atoms with E-state index in [0.717, 1.165) is 6.54 Å². The van der Waals surface area contributed by atoms with E-state index in [9.17, 15) is 8.42 Å². The molecular weight excluding hydrogens is 300 g/mol. The average molecular weight is 335 g/mol. The third-order valence-electron chi connectivity index (χ3n) is 3.53. The highest BCUT2D eigenvalue weighted by molar-refractivity contribution is 7.89. The Hall–Kier alpha value is -0.820. The number of unbranched alkanes of at least 4 members (excludes halogenated alkanes) is 2. The molecule has 22 heavy (non-hydrogen) atoms. The van der Waals surface area contributed by atoms with Gasteiger partial charge in [0.15, 0.2) is 5.96 Å². The number of aliphatic imine (C=N–C) groups is 1. The van der Waals surface area contributed by atoms with Gasteiger partial charge in [-0.2, -0.15) is 0 Å². The summed E-state index contributed by atoms with van der Waals surface area (Å²) in [7, 11) is -1.40. The predicted molar refractivity (Wildman–Crippen MR) is 94.8 cm³/mol. The van der Waals surface area contributed by atoms with Gasteiger partial charge in [0.1, 0.15) is 0 Å². The highest BCUT2D eigenvalue weighted by Crippen LogP contribution is 2.22. The van der Waals surface area contributed by atoms with E-state index in [0.29, 0.717) is 19.0 Å². The lowest BCUT2D eigenvalue weighted by Crippen LogP contribution is -2.44. The number of nitrogens with zero attached hydrogens (tertiary/aromatic N) is 1. The average Bonchev–Trinajstić information content (AvgIpc) is 2.46. The van der Waals surface area contributed by atoms with Gasteiger partial charge in [0.2, 0.25) is 10.0 Å².